The first-order chi connectivity index (χ1) is 18.0. The second kappa shape index (κ2) is 11.9. The fourth-order valence-electron chi connectivity index (χ4n) is 3.41. The number of phenols is 1. The molecule has 38 heavy (non-hydrogen) atoms. The third-order valence-electron chi connectivity index (χ3n) is 5.31. The Labute approximate surface area is 221 Å². The van der Waals surface area contributed by atoms with Gasteiger partial charge in [-0.15, -0.1) is 0 Å². The smallest absolute Gasteiger partial charge is 0.335 e. The van der Waals surface area contributed by atoms with Gasteiger partial charge in [-0.3, -0.25) is 19.2 Å². The third-order valence-corrected chi connectivity index (χ3v) is 5.59. The summed E-state index contributed by atoms with van der Waals surface area (Å²) in [5.41, 5.74) is -0.422. The number of amides is 3. The summed E-state index contributed by atoms with van der Waals surface area (Å²) in [6.45, 7) is 1.04. The van der Waals surface area contributed by atoms with Crippen molar-refractivity contribution in [2.24, 2.45) is 0 Å². The van der Waals surface area contributed by atoms with Crippen molar-refractivity contribution in [1.29, 1.82) is 0 Å². The molecule has 3 amide bonds. The summed E-state index contributed by atoms with van der Waals surface area (Å²) in [6.07, 6.45) is 0. The summed E-state index contributed by atoms with van der Waals surface area (Å²) in [4.78, 5) is 61.9. The van der Waals surface area contributed by atoms with Crippen molar-refractivity contribution in [3.63, 3.8) is 0 Å². The monoisotopic (exact) mass is 539 g/mol. The number of anilines is 1. The number of nitrogens with one attached hydrogen (secondary N) is 2. The van der Waals surface area contributed by atoms with Crippen molar-refractivity contribution in [2.75, 3.05) is 5.32 Å². The minimum Gasteiger partial charge on any atom is -0.508 e. The van der Waals surface area contributed by atoms with Gasteiger partial charge in [0, 0.05) is 17.3 Å². The Morgan fingerprint density at radius 1 is 0.895 bits per heavy atom. The van der Waals surface area contributed by atoms with Crippen LogP contribution >= 0.6 is 11.8 Å². The molecule has 0 aromatic heterocycles. The van der Waals surface area contributed by atoms with Gasteiger partial charge in [-0.25, -0.2) is 9.21 Å². The maximum absolute atomic E-state index is 13.5. The van der Waals surface area contributed by atoms with Crippen molar-refractivity contribution >= 4 is 47.1 Å². The fourth-order valence-corrected chi connectivity index (χ4v) is 3.63. The van der Waals surface area contributed by atoms with Crippen LogP contribution in [0.1, 0.15) is 53.9 Å². The number of aromatic hydroxyl groups is 1. The van der Waals surface area contributed by atoms with Gasteiger partial charge < -0.3 is 26.0 Å². The summed E-state index contributed by atoms with van der Waals surface area (Å²) < 4.78 is 0.738. The maximum atomic E-state index is 13.5. The zero-order valence-electron chi connectivity index (χ0n) is 19.8. The van der Waals surface area contributed by atoms with Crippen molar-refractivity contribution < 1.29 is 39.3 Å². The highest BCUT2D eigenvalue weighted by molar-refractivity contribution is 6.27. The standard InChI is InChI=1S/C26H22ClN3O8/c1-14(25(35)36)28-23(33)19-9-4-10-20(29-22(32)16-6-3-7-17(12-16)26(37)38)21(19)24(34)30(27)13-15-5-2-8-18(31)11-15/h2-12,14,31H,13H2,1H3,(H,28,33)(H,29,32)(H,35,36)(H,37,38)/t14-/m0/s1. The van der Waals surface area contributed by atoms with Gasteiger partial charge in [-0.05, 0) is 55.0 Å². The van der Waals surface area contributed by atoms with Crippen LogP contribution in [-0.2, 0) is 11.3 Å². The first-order valence-electron chi connectivity index (χ1n) is 11.0. The Bertz CT molecular complexity index is 1430. The van der Waals surface area contributed by atoms with E-state index in [9.17, 15) is 34.2 Å². The second-order valence-corrected chi connectivity index (χ2v) is 8.50. The Hall–Kier alpha value is -4.90. The molecule has 0 spiro atoms. The molecule has 3 rings (SSSR count). The average molecular weight is 540 g/mol. The van der Waals surface area contributed by atoms with Crippen molar-refractivity contribution in [1.82, 2.24) is 9.74 Å². The SMILES string of the molecule is C[C@H](NC(=O)c1cccc(NC(=O)c2cccc(C(=O)O)c2)c1C(=O)N(Cl)Cc1cccc(O)c1)C(=O)O. The molecule has 0 heterocycles. The van der Waals surface area contributed by atoms with Gasteiger partial charge >= 0.3 is 11.9 Å². The van der Waals surface area contributed by atoms with Gasteiger partial charge in [-0.1, -0.05) is 24.3 Å². The molecule has 0 aliphatic rings. The minimum absolute atomic E-state index is 0.0276. The molecule has 5 N–H and O–H groups in total. The second-order valence-electron chi connectivity index (χ2n) is 8.10. The fraction of sp³-hybridized carbons (Fsp3) is 0.115. The van der Waals surface area contributed by atoms with E-state index in [-0.39, 0.29) is 40.2 Å². The van der Waals surface area contributed by atoms with Crippen molar-refractivity contribution in [2.45, 2.75) is 19.5 Å². The van der Waals surface area contributed by atoms with Crippen LogP contribution in [0.25, 0.3) is 0 Å². The number of carboxylic acids is 2. The molecule has 0 saturated carbocycles. The van der Waals surface area contributed by atoms with E-state index in [0.29, 0.717) is 5.56 Å². The van der Waals surface area contributed by atoms with Crippen LogP contribution in [0.4, 0.5) is 5.69 Å². The largest absolute Gasteiger partial charge is 0.508 e. The molecular weight excluding hydrogens is 518 g/mol. The summed E-state index contributed by atoms with van der Waals surface area (Å²) >= 11 is 6.27. The Morgan fingerprint density at radius 3 is 2.21 bits per heavy atom. The van der Waals surface area contributed by atoms with Crippen molar-refractivity contribution in [3.8, 4) is 5.75 Å². The molecule has 0 aliphatic carbocycles. The first kappa shape index (κ1) is 27.7. The van der Waals surface area contributed by atoms with E-state index in [1.165, 1.54) is 55.5 Å². The predicted molar refractivity (Wildman–Crippen MR) is 136 cm³/mol. The molecule has 0 bridgehead atoms. The topological polar surface area (TPSA) is 173 Å². The van der Waals surface area contributed by atoms with E-state index in [2.05, 4.69) is 10.6 Å². The third kappa shape index (κ3) is 6.65. The molecule has 0 unspecified atom stereocenters. The van der Waals surface area contributed by atoms with Crippen molar-refractivity contribution in [3.05, 3.63) is 94.5 Å². The van der Waals surface area contributed by atoms with E-state index >= 15 is 0 Å². The van der Waals surface area contributed by atoms with Crippen LogP contribution in [0.5, 0.6) is 5.75 Å². The van der Waals surface area contributed by atoms with Gasteiger partial charge in [0.15, 0.2) is 0 Å². The number of phenolic OH excluding ortho intramolecular Hbond substituents is 1. The van der Waals surface area contributed by atoms with Crippen LogP contribution in [0.15, 0.2) is 66.7 Å². The maximum Gasteiger partial charge on any atom is 0.335 e. The molecule has 0 aliphatic heterocycles. The summed E-state index contributed by atoms with van der Waals surface area (Å²) in [7, 11) is 0. The minimum atomic E-state index is -1.31. The Kier molecular flexibility index (Phi) is 8.66. The predicted octanol–water partition coefficient (Wildman–Crippen LogP) is 3.34. The lowest BCUT2D eigenvalue weighted by Gasteiger charge is -2.20. The number of hydrogen-bond acceptors (Lipinski definition) is 6. The van der Waals surface area contributed by atoms with Gasteiger partial charge in [0.1, 0.15) is 11.8 Å². The van der Waals surface area contributed by atoms with Crippen LogP contribution in [-0.4, -0.2) is 55.4 Å². The van der Waals surface area contributed by atoms with Gasteiger partial charge in [0.05, 0.1) is 28.9 Å². The summed E-state index contributed by atoms with van der Waals surface area (Å²) in [5.74, 6) is -5.19. The van der Waals surface area contributed by atoms with Crippen LogP contribution in [0, 0.1) is 0 Å². The molecule has 196 valence electrons. The zero-order chi connectivity index (χ0) is 28.0. The number of carboxylic acid groups (broad SMARTS) is 2. The molecule has 12 heteroatoms. The molecule has 3 aromatic carbocycles. The number of carbonyl (C=O) groups is 5. The Morgan fingerprint density at radius 2 is 1.55 bits per heavy atom. The lowest BCUT2D eigenvalue weighted by molar-refractivity contribution is -0.138. The van der Waals surface area contributed by atoms with E-state index in [4.69, 9.17) is 16.9 Å². The van der Waals surface area contributed by atoms with E-state index in [1.54, 1.807) is 12.1 Å². The highest BCUT2D eigenvalue weighted by Crippen LogP contribution is 2.26. The number of hydrogen-bond donors (Lipinski definition) is 5. The van der Waals surface area contributed by atoms with E-state index < -0.39 is 35.7 Å². The van der Waals surface area contributed by atoms with E-state index in [1.807, 2.05) is 0 Å². The van der Waals surface area contributed by atoms with Gasteiger partial charge in [0.25, 0.3) is 17.7 Å². The first-order valence-corrected chi connectivity index (χ1v) is 11.4. The Balaban J connectivity index is 2.02. The lowest BCUT2D eigenvalue weighted by Crippen LogP contribution is -2.39. The molecule has 0 fully saturated rings. The number of halogens is 1. The molecule has 0 saturated heterocycles. The number of aliphatic carboxylic acids is 1. The quantitative estimate of drug-likeness (QED) is 0.257. The normalized spacial score (nSPS) is 11.2. The molecular formula is C26H22ClN3O8. The lowest BCUT2D eigenvalue weighted by atomic mass is 10.0. The molecule has 1 atom stereocenters. The van der Waals surface area contributed by atoms with Crippen LogP contribution in [0.3, 0.4) is 0 Å². The van der Waals surface area contributed by atoms with Gasteiger partial charge in [-0.2, -0.15) is 0 Å². The highest BCUT2D eigenvalue weighted by atomic mass is 35.5. The number of nitrogens with zero attached hydrogens (tertiary/aromatic N) is 1. The van der Waals surface area contributed by atoms with E-state index in [0.717, 1.165) is 10.5 Å². The molecule has 11 nitrogen and oxygen atoms in total. The summed E-state index contributed by atoms with van der Waals surface area (Å²) in [6, 6.07) is 13.8. The van der Waals surface area contributed by atoms with Crippen LogP contribution < -0.4 is 10.6 Å². The average Bonchev–Trinajstić information content (AvgIpc) is 2.88. The molecule has 0 radical (unpaired) electrons. The number of benzene rings is 3. The highest BCUT2D eigenvalue weighted by Gasteiger charge is 2.27. The summed E-state index contributed by atoms with van der Waals surface area (Å²) in [5, 5.41) is 32.8. The number of carbonyl (C=O) groups excluding carboxylic acids is 3. The molecule has 3 aromatic rings. The number of aromatic carboxylic acids is 1. The van der Waals surface area contributed by atoms with Gasteiger partial charge in [0.2, 0.25) is 0 Å². The zero-order valence-corrected chi connectivity index (χ0v) is 20.6. The number of rotatable bonds is 9. The van der Waals surface area contributed by atoms with Crippen LogP contribution in [0.2, 0.25) is 0 Å².